The maximum absolute atomic E-state index is 12.5. The molecule has 1 saturated heterocycles. The lowest BCUT2D eigenvalue weighted by Gasteiger charge is -2.34. The third-order valence-electron chi connectivity index (χ3n) is 5.29. The second-order valence-electron chi connectivity index (χ2n) is 7.13. The van der Waals surface area contributed by atoms with Crippen molar-refractivity contribution in [3.63, 3.8) is 0 Å². The first kappa shape index (κ1) is 18.6. The van der Waals surface area contributed by atoms with Crippen LogP contribution < -0.4 is 0 Å². The van der Waals surface area contributed by atoms with Gasteiger partial charge in [-0.05, 0) is 41.9 Å². The maximum Gasteiger partial charge on any atom is 0.226 e. The zero-order chi connectivity index (χ0) is 18.4. The minimum absolute atomic E-state index is 0.0209. The fourth-order valence-corrected chi connectivity index (χ4v) is 3.60. The van der Waals surface area contributed by atoms with Crippen molar-refractivity contribution >= 4 is 5.91 Å². The Morgan fingerprint density at radius 2 is 1.58 bits per heavy atom. The van der Waals surface area contributed by atoms with Gasteiger partial charge < -0.3 is 15.1 Å². The smallest absolute Gasteiger partial charge is 0.226 e. The van der Waals surface area contributed by atoms with Crippen molar-refractivity contribution in [2.45, 2.75) is 38.4 Å². The zero-order valence-corrected chi connectivity index (χ0v) is 15.1. The van der Waals surface area contributed by atoms with E-state index in [0.717, 1.165) is 29.5 Å². The molecule has 1 unspecified atom stereocenters. The van der Waals surface area contributed by atoms with Gasteiger partial charge in [0.05, 0.1) is 19.1 Å². The highest BCUT2D eigenvalue weighted by Gasteiger charge is 2.27. The number of nitrogens with zero attached hydrogens (tertiary/aromatic N) is 1. The summed E-state index contributed by atoms with van der Waals surface area (Å²) in [6, 6.07) is 17.6. The van der Waals surface area contributed by atoms with E-state index in [9.17, 15) is 9.90 Å². The Kier molecular flexibility index (Phi) is 6.42. The summed E-state index contributed by atoms with van der Waals surface area (Å²) in [5, 5.41) is 19.6. The Balaban J connectivity index is 1.47. The highest BCUT2D eigenvalue weighted by Crippen LogP contribution is 2.23. The van der Waals surface area contributed by atoms with Crippen molar-refractivity contribution in [1.82, 2.24) is 4.90 Å². The number of carbonyl (C=O) groups is 1. The van der Waals surface area contributed by atoms with Gasteiger partial charge in [0.25, 0.3) is 0 Å². The maximum atomic E-state index is 12.5. The fraction of sp³-hybridized carbons (Fsp3) is 0.409. The van der Waals surface area contributed by atoms with Gasteiger partial charge in [0.15, 0.2) is 0 Å². The summed E-state index contributed by atoms with van der Waals surface area (Å²) >= 11 is 0. The molecule has 4 nitrogen and oxygen atoms in total. The van der Waals surface area contributed by atoms with Gasteiger partial charge in [-0.25, -0.2) is 0 Å². The molecular formula is C22H27NO3. The van der Waals surface area contributed by atoms with E-state index < -0.39 is 0 Å². The standard InChI is InChI=1S/C22H27NO3/c24-16-19-8-6-18(7-9-19)15-22(26)23-12-10-20(11-13-23)21(25)14-17-4-2-1-3-5-17/h1-9,20-21,24-25H,10-16H2. The highest BCUT2D eigenvalue weighted by molar-refractivity contribution is 5.78. The molecular weight excluding hydrogens is 326 g/mol. The lowest BCUT2D eigenvalue weighted by Crippen LogP contribution is -2.42. The van der Waals surface area contributed by atoms with E-state index in [1.54, 1.807) is 0 Å². The first-order valence-electron chi connectivity index (χ1n) is 9.34. The van der Waals surface area contributed by atoms with Crippen molar-refractivity contribution in [1.29, 1.82) is 0 Å². The Bertz CT molecular complexity index is 691. The molecule has 0 aliphatic carbocycles. The van der Waals surface area contributed by atoms with Crippen LogP contribution in [0.15, 0.2) is 54.6 Å². The topological polar surface area (TPSA) is 60.8 Å². The van der Waals surface area contributed by atoms with Gasteiger partial charge in [-0.1, -0.05) is 54.6 Å². The molecule has 2 aromatic rings. The van der Waals surface area contributed by atoms with Gasteiger partial charge in [0.2, 0.25) is 5.91 Å². The largest absolute Gasteiger partial charge is 0.392 e. The van der Waals surface area contributed by atoms with Gasteiger partial charge in [0.1, 0.15) is 0 Å². The van der Waals surface area contributed by atoms with E-state index in [2.05, 4.69) is 0 Å². The minimum atomic E-state index is -0.347. The molecule has 1 fully saturated rings. The van der Waals surface area contributed by atoms with E-state index in [0.29, 0.717) is 25.9 Å². The van der Waals surface area contributed by atoms with Crippen LogP contribution in [0, 0.1) is 5.92 Å². The average Bonchev–Trinajstić information content (AvgIpc) is 2.69. The number of piperidine rings is 1. The molecule has 1 aliphatic rings. The molecule has 0 aromatic heterocycles. The van der Waals surface area contributed by atoms with E-state index in [4.69, 9.17) is 5.11 Å². The van der Waals surface area contributed by atoms with Crippen molar-refractivity contribution in [3.05, 3.63) is 71.3 Å². The van der Waals surface area contributed by atoms with Crippen LogP contribution in [0.1, 0.15) is 29.5 Å². The molecule has 3 rings (SSSR count). The number of aliphatic hydroxyl groups is 2. The monoisotopic (exact) mass is 353 g/mol. The molecule has 1 heterocycles. The Labute approximate surface area is 155 Å². The molecule has 0 radical (unpaired) electrons. The Hall–Kier alpha value is -2.17. The summed E-state index contributed by atoms with van der Waals surface area (Å²) in [6.45, 7) is 1.45. The summed E-state index contributed by atoms with van der Waals surface area (Å²) in [7, 11) is 0. The number of amides is 1. The molecule has 4 heteroatoms. The van der Waals surface area contributed by atoms with Crippen LogP contribution in [-0.4, -0.2) is 40.2 Å². The van der Waals surface area contributed by atoms with E-state index >= 15 is 0 Å². The van der Waals surface area contributed by atoms with Crippen LogP contribution in [0.4, 0.5) is 0 Å². The minimum Gasteiger partial charge on any atom is -0.392 e. The molecule has 1 amide bonds. The molecule has 2 N–H and O–H groups in total. The van der Waals surface area contributed by atoms with Gasteiger partial charge in [-0.3, -0.25) is 4.79 Å². The summed E-state index contributed by atoms with van der Waals surface area (Å²) in [5.41, 5.74) is 2.98. The Morgan fingerprint density at radius 3 is 2.19 bits per heavy atom. The number of hydrogen-bond acceptors (Lipinski definition) is 3. The van der Waals surface area contributed by atoms with E-state index in [-0.39, 0.29) is 24.5 Å². The predicted molar refractivity (Wildman–Crippen MR) is 102 cm³/mol. The first-order chi connectivity index (χ1) is 12.7. The molecule has 2 aromatic carbocycles. The molecule has 138 valence electrons. The first-order valence-corrected chi connectivity index (χ1v) is 9.34. The van der Waals surface area contributed by atoms with Crippen LogP contribution in [-0.2, 0) is 24.2 Å². The lowest BCUT2D eigenvalue weighted by molar-refractivity contribution is -0.132. The summed E-state index contributed by atoms with van der Waals surface area (Å²) < 4.78 is 0. The van der Waals surface area contributed by atoms with Crippen molar-refractivity contribution in [2.24, 2.45) is 5.92 Å². The van der Waals surface area contributed by atoms with Crippen molar-refractivity contribution in [3.8, 4) is 0 Å². The number of benzene rings is 2. The Morgan fingerprint density at radius 1 is 0.962 bits per heavy atom. The second-order valence-corrected chi connectivity index (χ2v) is 7.13. The van der Waals surface area contributed by atoms with Gasteiger partial charge in [-0.2, -0.15) is 0 Å². The predicted octanol–water partition coefficient (Wildman–Crippen LogP) is 2.56. The van der Waals surface area contributed by atoms with Crippen molar-refractivity contribution in [2.75, 3.05) is 13.1 Å². The second kappa shape index (κ2) is 8.97. The number of likely N-dealkylation sites (tertiary alicyclic amines) is 1. The highest BCUT2D eigenvalue weighted by atomic mass is 16.3. The summed E-state index contributed by atoms with van der Waals surface area (Å²) in [5.74, 6) is 0.390. The van der Waals surface area contributed by atoms with Gasteiger partial charge in [0, 0.05) is 13.1 Å². The fourth-order valence-electron chi connectivity index (χ4n) is 3.60. The molecule has 1 atom stereocenters. The third kappa shape index (κ3) is 4.93. The van der Waals surface area contributed by atoms with Crippen LogP contribution in [0.25, 0.3) is 0 Å². The van der Waals surface area contributed by atoms with E-state index in [1.807, 2.05) is 59.5 Å². The molecule has 0 bridgehead atoms. The van der Waals surface area contributed by atoms with Crippen molar-refractivity contribution < 1.29 is 15.0 Å². The average molecular weight is 353 g/mol. The number of aliphatic hydroxyl groups excluding tert-OH is 2. The van der Waals surface area contributed by atoms with Crippen LogP contribution >= 0.6 is 0 Å². The molecule has 0 spiro atoms. The molecule has 1 aliphatic heterocycles. The number of carbonyl (C=O) groups excluding carboxylic acids is 1. The van der Waals surface area contributed by atoms with Crippen LogP contribution in [0.5, 0.6) is 0 Å². The van der Waals surface area contributed by atoms with Crippen LogP contribution in [0.3, 0.4) is 0 Å². The lowest BCUT2D eigenvalue weighted by atomic mass is 9.88. The zero-order valence-electron chi connectivity index (χ0n) is 15.1. The normalized spacial score (nSPS) is 16.5. The number of hydrogen-bond donors (Lipinski definition) is 2. The molecule has 26 heavy (non-hydrogen) atoms. The summed E-state index contributed by atoms with van der Waals surface area (Å²) in [4.78, 5) is 14.4. The summed E-state index contributed by atoms with van der Waals surface area (Å²) in [6.07, 6.45) is 2.42. The SMILES string of the molecule is O=C(Cc1ccc(CO)cc1)N1CCC(C(O)Cc2ccccc2)CC1. The number of rotatable bonds is 6. The van der Waals surface area contributed by atoms with E-state index in [1.165, 1.54) is 0 Å². The van der Waals surface area contributed by atoms with Gasteiger partial charge >= 0.3 is 0 Å². The molecule has 0 saturated carbocycles. The third-order valence-corrected chi connectivity index (χ3v) is 5.29. The quantitative estimate of drug-likeness (QED) is 0.839. The van der Waals surface area contributed by atoms with Crippen LogP contribution in [0.2, 0.25) is 0 Å². The van der Waals surface area contributed by atoms with Gasteiger partial charge in [-0.15, -0.1) is 0 Å².